The fraction of sp³-hybridized carbons (Fsp3) is 0.462. The van der Waals surface area contributed by atoms with Gasteiger partial charge in [0, 0.05) is 0 Å². The number of hydrogen-bond donors (Lipinski definition) is 2. The van der Waals surface area contributed by atoms with Gasteiger partial charge in [-0.15, -0.1) is 0 Å². The first-order valence-corrected chi connectivity index (χ1v) is 6.14. The van der Waals surface area contributed by atoms with Crippen molar-refractivity contribution in [3.8, 4) is 5.75 Å². The molecule has 0 fully saturated rings. The Bertz CT molecular complexity index is 516. The summed E-state index contributed by atoms with van der Waals surface area (Å²) in [7, 11) is 0. The summed E-state index contributed by atoms with van der Waals surface area (Å²) in [5, 5.41) is 11.8. The molecule has 2 rings (SSSR count). The summed E-state index contributed by atoms with van der Waals surface area (Å²) in [5.41, 5.74) is 1.19. The van der Waals surface area contributed by atoms with Gasteiger partial charge in [-0.3, -0.25) is 4.79 Å². The molecule has 0 heterocycles. The van der Waals surface area contributed by atoms with Gasteiger partial charge in [-0.1, -0.05) is 6.07 Å². The van der Waals surface area contributed by atoms with Crippen LogP contribution in [0.5, 0.6) is 5.75 Å². The van der Waals surface area contributed by atoms with Crippen molar-refractivity contribution in [1.29, 1.82) is 0 Å². The van der Waals surface area contributed by atoms with E-state index < -0.39 is 24.2 Å². The molecule has 2 N–H and O–H groups in total. The van der Waals surface area contributed by atoms with Crippen LogP contribution in [0.2, 0.25) is 0 Å². The van der Waals surface area contributed by atoms with Gasteiger partial charge in [0.05, 0.1) is 18.8 Å². The summed E-state index contributed by atoms with van der Waals surface area (Å²) < 4.78 is 41.9. The maximum atomic E-state index is 12.2. The summed E-state index contributed by atoms with van der Waals surface area (Å²) in [4.78, 5) is 10.9. The molecule has 0 bridgehead atoms. The highest BCUT2D eigenvalue weighted by atomic mass is 19.4. The lowest BCUT2D eigenvalue weighted by atomic mass is 10.1. The van der Waals surface area contributed by atoms with Crippen LogP contribution >= 0.6 is 0 Å². The summed E-state index contributed by atoms with van der Waals surface area (Å²) in [6.45, 7) is 2.25. The SMILES string of the molecule is CCOc1ccc2c(c1)[C@H](O)[C@@H](NC(=O)C(F)(F)F)C2. The smallest absolute Gasteiger partial charge is 0.471 e. The first kappa shape index (κ1) is 14.6. The fourth-order valence-corrected chi connectivity index (χ4v) is 2.24. The Balaban J connectivity index is 2.13. The van der Waals surface area contributed by atoms with Gasteiger partial charge in [-0.25, -0.2) is 0 Å². The average Bonchev–Trinajstić information content (AvgIpc) is 2.66. The Morgan fingerprint density at radius 3 is 2.80 bits per heavy atom. The van der Waals surface area contributed by atoms with Crippen LogP contribution in [0.1, 0.15) is 24.2 Å². The summed E-state index contributed by atoms with van der Waals surface area (Å²) in [6.07, 6.45) is -5.97. The van der Waals surface area contributed by atoms with Gasteiger partial charge < -0.3 is 15.2 Å². The van der Waals surface area contributed by atoms with E-state index in [9.17, 15) is 23.1 Å². The van der Waals surface area contributed by atoms with Crippen LogP contribution in [0.4, 0.5) is 13.2 Å². The molecule has 0 radical (unpaired) electrons. The number of halogens is 3. The summed E-state index contributed by atoms with van der Waals surface area (Å²) in [5.74, 6) is -1.51. The molecule has 0 saturated heterocycles. The second-order valence-corrected chi connectivity index (χ2v) is 4.52. The second-order valence-electron chi connectivity index (χ2n) is 4.52. The van der Waals surface area contributed by atoms with E-state index in [1.165, 1.54) is 0 Å². The van der Waals surface area contributed by atoms with E-state index in [0.29, 0.717) is 23.5 Å². The zero-order valence-corrected chi connectivity index (χ0v) is 10.7. The molecule has 7 heteroatoms. The molecule has 1 amide bonds. The Hall–Kier alpha value is -1.76. The van der Waals surface area contributed by atoms with Gasteiger partial charge >= 0.3 is 12.1 Å². The number of benzene rings is 1. The van der Waals surface area contributed by atoms with Crippen LogP contribution in [-0.4, -0.2) is 29.8 Å². The lowest BCUT2D eigenvalue weighted by molar-refractivity contribution is -0.175. The van der Waals surface area contributed by atoms with Crippen LogP contribution < -0.4 is 10.1 Å². The Kier molecular flexibility index (Phi) is 3.89. The highest BCUT2D eigenvalue weighted by molar-refractivity contribution is 5.82. The molecule has 1 aromatic rings. The number of ether oxygens (including phenoxy) is 1. The lowest BCUT2D eigenvalue weighted by Crippen LogP contribution is -2.44. The molecule has 0 aromatic heterocycles. The third-order valence-corrected chi connectivity index (χ3v) is 3.14. The topological polar surface area (TPSA) is 58.6 Å². The van der Waals surface area contributed by atoms with E-state index >= 15 is 0 Å². The number of fused-ring (bicyclic) bond motifs is 1. The molecule has 110 valence electrons. The molecule has 4 nitrogen and oxygen atoms in total. The van der Waals surface area contributed by atoms with Crippen LogP contribution in [0.3, 0.4) is 0 Å². The molecule has 0 unspecified atom stereocenters. The van der Waals surface area contributed by atoms with Gasteiger partial charge in [-0.2, -0.15) is 13.2 Å². The van der Waals surface area contributed by atoms with Gasteiger partial charge in [0.2, 0.25) is 0 Å². The molecular formula is C13H14F3NO3. The quantitative estimate of drug-likeness (QED) is 0.891. The largest absolute Gasteiger partial charge is 0.494 e. The van der Waals surface area contributed by atoms with E-state index in [0.717, 1.165) is 0 Å². The molecule has 1 aliphatic rings. The van der Waals surface area contributed by atoms with Gasteiger partial charge in [0.25, 0.3) is 0 Å². The maximum Gasteiger partial charge on any atom is 0.471 e. The molecule has 1 aliphatic carbocycles. The fourth-order valence-electron chi connectivity index (χ4n) is 2.24. The van der Waals surface area contributed by atoms with E-state index in [1.54, 1.807) is 25.1 Å². The van der Waals surface area contributed by atoms with Crippen LogP contribution in [-0.2, 0) is 11.2 Å². The van der Waals surface area contributed by atoms with Crippen LogP contribution in [0, 0.1) is 0 Å². The minimum Gasteiger partial charge on any atom is -0.494 e. The van der Waals surface area contributed by atoms with Crippen molar-refractivity contribution in [3.05, 3.63) is 29.3 Å². The number of rotatable bonds is 3. The molecule has 20 heavy (non-hydrogen) atoms. The minimum atomic E-state index is -4.95. The Morgan fingerprint density at radius 2 is 2.20 bits per heavy atom. The standard InChI is InChI=1S/C13H14F3NO3/c1-2-20-8-4-3-7-5-10(11(18)9(7)6-8)17-12(19)13(14,15)16/h3-4,6,10-11,18H,2,5H2,1H3,(H,17,19)/t10-,11-/m0/s1. The van der Waals surface area contributed by atoms with E-state index in [-0.39, 0.29) is 6.42 Å². The van der Waals surface area contributed by atoms with Crippen molar-refractivity contribution >= 4 is 5.91 Å². The van der Waals surface area contributed by atoms with Gasteiger partial charge in [0.1, 0.15) is 5.75 Å². The zero-order chi connectivity index (χ0) is 14.9. The normalized spacial score (nSPS) is 21.4. The zero-order valence-electron chi connectivity index (χ0n) is 10.7. The number of carbonyl (C=O) groups is 1. The van der Waals surface area contributed by atoms with E-state index in [4.69, 9.17) is 4.74 Å². The number of amides is 1. The van der Waals surface area contributed by atoms with Crippen molar-refractivity contribution in [2.24, 2.45) is 0 Å². The van der Waals surface area contributed by atoms with Crippen LogP contribution in [0.25, 0.3) is 0 Å². The number of carbonyl (C=O) groups excluding carboxylic acids is 1. The van der Waals surface area contributed by atoms with Crippen molar-refractivity contribution in [2.45, 2.75) is 31.7 Å². The van der Waals surface area contributed by atoms with Gasteiger partial charge in [0.15, 0.2) is 0 Å². The summed E-state index contributed by atoms with van der Waals surface area (Å²) >= 11 is 0. The number of alkyl halides is 3. The van der Waals surface area contributed by atoms with E-state index in [1.807, 2.05) is 5.32 Å². The third kappa shape index (κ3) is 2.87. The highest BCUT2D eigenvalue weighted by Crippen LogP contribution is 2.34. The molecule has 0 aliphatic heterocycles. The van der Waals surface area contributed by atoms with Crippen molar-refractivity contribution < 1.29 is 27.8 Å². The second kappa shape index (κ2) is 5.32. The molecule has 2 atom stereocenters. The van der Waals surface area contributed by atoms with Crippen molar-refractivity contribution in [3.63, 3.8) is 0 Å². The van der Waals surface area contributed by atoms with Crippen molar-refractivity contribution in [2.75, 3.05) is 6.61 Å². The number of aliphatic hydroxyl groups excluding tert-OH is 1. The Morgan fingerprint density at radius 1 is 1.50 bits per heavy atom. The van der Waals surface area contributed by atoms with Crippen LogP contribution in [0.15, 0.2) is 18.2 Å². The average molecular weight is 289 g/mol. The first-order chi connectivity index (χ1) is 9.32. The van der Waals surface area contributed by atoms with Crippen molar-refractivity contribution in [1.82, 2.24) is 5.32 Å². The highest BCUT2D eigenvalue weighted by Gasteiger charge is 2.42. The molecule has 0 saturated carbocycles. The maximum absolute atomic E-state index is 12.2. The van der Waals surface area contributed by atoms with Gasteiger partial charge in [-0.05, 0) is 36.6 Å². The number of aliphatic hydroxyl groups is 1. The predicted molar refractivity (Wildman–Crippen MR) is 64.3 cm³/mol. The number of hydrogen-bond acceptors (Lipinski definition) is 3. The molecule has 0 spiro atoms. The first-order valence-electron chi connectivity index (χ1n) is 6.14. The monoisotopic (exact) mass is 289 g/mol. The molecular weight excluding hydrogens is 275 g/mol. The number of nitrogens with one attached hydrogen (secondary N) is 1. The lowest BCUT2D eigenvalue weighted by Gasteiger charge is -2.18. The summed E-state index contributed by atoms with van der Waals surface area (Å²) in [6, 6.07) is 3.98. The minimum absolute atomic E-state index is 0.157. The Labute approximate surface area is 113 Å². The van der Waals surface area contributed by atoms with E-state index in [2.05, 4.69) is 0 Å². The third-order valence-electron chi connectivity index (χ3n) is 3.14. The predicted octanol–water partition coefficient (Wildman–Crippen LogP) is 1.72. The molecule has 1 aromatic carbocycles.